The summed E-state index contributed by atoms with van der Waals surface area (Å²) < 4.78 is 0. The average molecular weight is 566 g/mol. The number of nitro benzene ring substituents is 1. The fourth-order valence-electron chi connectivity index (χ4n) is 4.76. The molecule has 1 saturated carbocycles. The molecule has 1 atom stereocenters. The van der Waals surface area contributed by atoms with Gasteiger partial charge in [0.15, 0.2) is 0 Å². The van der Waals surface area contributed by atoms with Crippen molar-refractivity contribution >= 4 is 40.9 Å². The van der Waals surface area contributed by atoms with Crippen molar-refractivity contribution in [2.45, 2.75) is 56.5 Å². The second-order valence-electron chi connectivity index (χ2n) is 9.76. The summed E-state index contributed by atoms with van der Waals surface area (Å²) in [5, 5.41) is 14.7. The Labute approximate surface area is 238 Å². The molecule has 7 nitrogen and oxygen atoms in total. The van der Waals surface area contributed by atoms with Gasteiger partial charge in [0.2, 0.25) is 11.8 Å². The van der Waals surface area contributed by atoms with Crippen LogP contribution >= 0.6 is 23.4 Å². The Hall–Kier alpha value is -3.36. The lowest BCUT2D eigenvalue weighted by Gasteiger charge is -2.32. The van der Waals surface area contributed by atoms with Crippen molar-refractivity contribution < 1.29 is 14.5 Å². The number of amides is 2. The molecule has 0 spiro atoms. The third-order valence-electron chi connectivity index (χ3n) is 6.88. The molecule has 0 aliphatic heterocycles. The number of nitrogens with one attached hydrogen (secondary N) is 1. The predicted molar refractivity (Wildman–Crippen MR) is 156 cm³/mol. The molecule has 1 unspecified atom stereocenters. The first-order chi connectivity index (χ1) is 18.9. The lowest BCUT2D eigenvalue weighted by atomic mass is 10.0. The van der Waals surface area contributed by atoms with E-state index in [9.17, 15) is 19.7 Å². The van der Waals surface area contributed by atoms with Crippen LogP contribution in [0.4, 0.5) is 5.69 Å². The summed E-state index contributed by atoms with van der Waals surface area (Å²) in [6.45, 7) is 0.281. The zero-order chi connectivity index (χ0) is 27.6. The van der Waals surface area contributed by atoms with Crippen LogP contribution in [0.2, 0.25) is 5.02 Å². The number of nitro groups is 1. The summed E-state index contributed by atoms with van der Waals surface area (Å²) in [5.74, 6) is 0.427. The normalized spacial score (nSPS) is 14.1. The van der Waals surface area contributed by atoms with Gasteiger partial charge >= 0.3 is 0 Å². The predicted octanol–water partition coefficient (Wildman–Crippen LogP) is 6.18. The Balaban J connectivity index is 1.53. The highest BCUT2D eigenvalue weighted by Gasteiger charge is 2.32. The Morgan fingerprint density at radius 2 is 1.59 bits per heavy atom. The van der Waals surface area contributed by atoms with Crippen LogP contribution in [0.1, 0.15) is 42.4 Å². The molecule has 204 valence electrons. The highest BCUT2D eigenvalue weighted by Crippen LogP contribution is 2.22. The van der Waals surface area contributed by atoms with Crippen molar-refractivity contribution in [1.82, 2.24) is 10.2 Å². The van der Waals surface area contributed by atoms with Crippen molar-refractivity contribution in [2.75, 3.05) is 5.75 Å². The van der Waals surface area contributed by atoms with Crippen molar-refractivity contribution in [3.05, 3.63) is 111 Å². The molecule has 1 aliphatic rings. The average Bonchev–Trinajstić information content (AvgIpc) is 3.45. The maximum atomic E-state index is 13.7. The molecule has 0 saturated heterocycles. The third-order valence-corrected chi connectivity index (χ3v) is 8.12. The number of hydrogen-bond acceptors (Lipinski definition) is 5. The Morgan fingerprint density at radius 3 is 2.23 bits per heavy atom. The smallest absolute Gasteiger partial charge is 0.269 e. The second-order valence-corrected chi connectivity index (χ2v) is 11.2. The van der Waals surface area contributed by atoms with Crippen LogP contribution in [0, 0.1) is 10.1 Å². The van der Waals surface area contributed by atoms with Gasteiger partial charge in [-0.25, -0.2) is 0 Å². The highest BCUT2D eigenvalue weighted by atomic mass is 35.5. The molecule has 0 bridgehead atoms. The number of rotatable bonds is 12. The van der Waals surface area contributed by atoms with E-state index in [2.05, 4.69) is 5.32 Å². The van der Waals surface area contributed by atoms with Gasteiger partial charge in [-0.3, -0.25) is 19.7 Å². The molecule has 0 aromatic heterocycles. The second kappa shape index (κ2) is 14.1. The minimum Gasteiger partial charge on any atom is -0.352 e. The number of hydrogen-bond donors (Lipinski definition) is 1. The first-order valence-corrected chi connectivity index (χ1v) is 14.6. The van der Waals surface area contributed by atoms with E-state index in [-0.39, 0.29) is 35.8 Å². The van der Waals surface area contributed by atoms with Crippen LogP contribution in [-0.2, 0) is 28.3 Å². The Kier molecular flexibility index (Phi) is 10.4. The maximum Gasteiger partial charge on any atom is 0.269 e. The van der Waals surface area contributed by atoms with Crippen LogP contribution in [0.3, 0.4) is 0 Å². The Morgan fingerprint density at radius 1 is 0.949 bits per heavy atom. The molecule has 9 heteroatoms. The van der Waals surface area contributed by atoms with E-state index < -0.39 is 11.0 Å². The molecule has 0 heterocycles. The molecular weight excluding hydrogens is 534 g/mol. The van der Waals surface area contributed by atoms with Crippen LogP contribution < -0.4 is 5.32 Å². The Bertz CT molecular complexity index is 1250. The molecule has 39 heavy (non-hydrogen) atoms. The highest BCUT2D eigenvalue weighted by molar-refractivity contribution is 7.99. The number of thioether (sulfide) groups is 1. The van der Waals surface area contributed by atoms with Gasteiger partial charge in [-0.1, -0.05) is 79.0 Å². The number of carbonyl (C=O) groups is 2. The summed E-state index contributed by atoms with van der Waals surface area (Å²) in [5.41, 5.74) is 2.80. The molecule has 3 aromatic rings. The van der Waals surface area contributed by atoms with E-state index in [1.54, 1.807) is 29.2 Å². The van der Waals surface area contributed by atoms with Crippen LogP contribution in [-0.4, -0.2) is 39.5 Å². The lowest BCUT2D eigenvalue weighted by molar-refractivity contribution is -0.384. The summed E-state index contributed by atoms with van der Waals surface area (Å²) in [6, 6.07) is 22.9. The van der Waals surface area contributed by atoms with E-state index in [1.807, 2.05) is 42.5 Å². The van der Waals surface area contributed by atoms with Crippen molar-refractivity contribution in [3.63, 3.8) is 0 Å². The summed E-state index contributed by atoms with van der Waals surface area (Å²) in [7, 11) is 0. The maximum absolute atomic E-state index is 13.7. The number of nitrogens with zero attached hydrogens (tertiary/aromatic N) is 2. The van der Waals surface area contributed by atoms with E-state index in [1.165, 1.54) is 23.9 Å². The molecule has 0 radical (unpaired) electrons. The fourth-order valence-corrected chi connectivity index (χ4v) is 5.76. The number of carbonyl (C=O) groups excluding carboxylic acids is 2. The van der Waals surface area contributed by atoms with E-state index in [4.69, 9.17) is 11.6 Å². The molecular formula is C30H32ClN3O4S. The third kappa shape index (κ3) is 8.57. The van der Waals surface area contributed by atoms with Gasteiger partial charge in [0, 0.05) is 41.9 Å². The quantitative estimate of drug-likeness (QED) is 0.209. The molecule has 1 fully saturated rings. The zero-order valence-electron chi connectivity index (χ0n) is 21.6. The van der Waals surface area contributed by atoms with Gasteiger partial charge in [-0.15, -0.1) is 11.8 Å². The van der Waals surface area contributed by atoms with Crippen LogP contribution in [0.15, 0.2) is 78.9 Å². The largest absolute Gasteiger partial charge is 0.352 e. The summed E-state index contributed by atoms with van der Waals surface area (Å²) in [6.07, 6.45) is 4.52. The van der Waals surface area contributed by atoms with Crippen LogP contribution in [0.5, 0.6) is 0 Å². The monoisotopic (exact) mass is 565 g/mol. The number of benzene rings is 3. The fraction of sp³-hybridized carbons (Fsp3) is 0.333. The number of halogens is 1. The van der Waals surface area contributed by atoms with E-state index in [0.29, 0.717) is 17.2 Å². The van der Waals surface area contributed by atoms with Crippen molar-refractivity contribution in [1.29, 1.82) is 0 Å². The lowest BCUT2D eigenvalue weighted by Crippen LogP contribution is -2.52. The molecule has 4 rings (SSSR count). The van der Waals surface area contributed by atoms with Gasteiger partial charge in [-0.05, 0) is 41.7 Å². The zero-order valence-corrected chi connectivity index (χ0v) is 23.2. The van der Waals surface area contributed by atoms with Gasteiger partial charge in [-0.2, -0.15) is 0 Å². The molecule has 1 N–H and O–H groups in total. The SMILES string of the molecule is O=C(NC1CCCC1)C(Cc1ccccc1)N(Cc1ccc(Cl)cc1)C(=O)CSCc1ccc([N+](=O)[O-])cc1. The molecule has 2 amide bonds. The van der Waals surface area contributed by atoms with Crippen molar-refractivity contribution in [2.24, 2.45) is 0 Å². The molecule has 3 aromatic carbocycles. The minimum atomic E-state index is -0.670. The van der Waals surface area contributed by atoms with E-state index in [0.717, 1.165) is 42.4 Å². The van der Waals surface area contributed by atoms with Gasteiger partial charge in [0.05, 0.1) is 10.7 Å². The summed E-state index contributed by atoms with van der Waals surface area (Å²) >= 11 is 7.52. The first-order valence-electron chi connectivity index (χ1n) is 13.1. The topological polar surface area (TPSA) is 92.6 Å². The minimum absolute atomic E-state index is 0.0333. The van der Waals surface area contributed by atoms with Gasteiger partial charge < -0.3 is 10.2 Å². The van der Waals surface area contributed by atoms with Gasteiger partial charge in [0.25, 0.3) is 5.69 Å². The molecule has 1 aliphatic carbocycles. The number of non-ortho nitro benzene ring substituents is 1. The van der Waals surface area contributed by atoms with Gasteiger partial charge in [0.1, 0.15) is 6.04 Å². The standard InChI is InChI=1S/C30H32ClN3O4S/c31-25-14-10-23(11-15-25)19-33(29(35)21-39-20-24-12-16-27(17-13-24)34(37)38)28(18-22-6-2-1-3-7-22)30(36)32-26-8-4-5-9-26/h1-3,6-7,10-17,26,28H,4-5,8-9,18-21H2,(H,32,36). The van der Waals surface area contributed by atoms with E-state index >= 15 is 0 Å². The summed E-state index contributed by atoms with van der Waals surface area (Å²) in [4.78, 5) is 39.6. The van der Waals surface area contributed by atoms with Crippen molar-refractivity contribution in [3.8, 4) is 0 Å². The van der Waals surface area contributed by atoms with Crippen LogP contribution in [0.25, 0.3) is 0 Å². The first kappa shape index (κ1) is 28.6.